The molecule has 6 nitrogen and oxygen atoms in total. The number of rotatable bonds is 4. The number of nitrogens with two attached hydrogens (primary N) is 1. The lowest BCUT2D eigenvalue weighted by Crippen LogP contribution is -2.32. The molecule has 1 aromatic rings. The predicted octanol–water partition coefficient (Wildman–Crippen LogP) is 0.770. The molecule has 1 aromatic carbocycles. The molecule has 0 aliphatic carbocycles. The van der Waals surface area contributed by atoms with E-state index in [4.69, 9.17) is 16.4 Å². The Morgan fingerprint density at radius 2 is 2.00 bits per heavy atom. The number of hydrogen-bond donors (Lipinski definition) is 2. The standard InChI is InChI=1S/C12H13N5O/c1-9-2-3-11(16-15)10(8-9)12(18)17(6-4-13)7-5-14/h2-3,8,16H,6-7,15H2,1H3. The topological polar surface area (TPSA) is 106 Å². The number of hydrogen-bond acceptors (Lipinski definition) is 5. The maximum Gasteiger partial charge on any atom is 0.257 e. The second kappa shape index (κ2) is 6.24. The number of nitriles is 2. The minimum atomic E-state index is -0.394. The molecule has 0 heterocycles. The third-order valence-corrected chi connectivity index (χ3v) is 2.37. The van der Waals surface area contributed by atoms with Crippen molar-refractivity contribution in [1.29, 1.82) is 10.5 Å². The van der Waals surface area contributed by atoms with Crippen molar-refractivity contribution in [2.24, 2.45) is 5.84 Å². The zero-order valence-electron chi connectivity index (χ0n) is 9.97. The molecule has 18 heavy (non-hydrogen) atoms. The van der Waals surface area contributed by atoms with E-state index < -0.39 is 5.91 Å². The number of benzene rings is 1. The van der Waals surface area contributed by atoms with Crippen LogP contribution in [-0.4, -0.2) is 23.9 Å². The molecule has 0 saturated heterocycles. The lowest BCUT2D eigenvalue weighted by molar-refractivity contribution is 0.0795. The predicted molar refractivity (Wildman–Crippen MR) is 66.1 cm³/mol. The van der Waals surface area contributed by atoms with E-state index in [0.29, 0.717) is 11.3 Å². The Hall–Kier alpha value is -2.57. The highest BCUT2D eigenvalue weighted by molar-refractivity contribution is 6.00. The van der Waals surface area contributed by atoms with Crippen LogP contribution in [0.5, 0.6) is 0 Å². The molecule has 0 aliphatic rings. The van der Waals surface area contributed by atoms with Crippen LogP contribution < -0.4 is 11.3 Å². The van der Waals surface area contributed by atoms with Crippen LogP contribution in [0, 0.1) is 29.6 Å². The van der Waals surface area contributed by atoms with Gasteiger partial charge in [-0.15, -0.1) is 0 Å². The molecular formula is C12H13N5O. The number of anilines is 1. The van der Waals surface area contributed by atoms with Gasteiger partial charge in [-0.25, -0.2) is 0 Å². The number of carbonyl (C=O) groups excluding carboxylic acids is 1. The molecule has 0 unspecified atom stereocenters. The van der Waals surface area contributed by atoms with Gasteiger partial charge < -0.3 is 10.3 Å². The highest BCUT2D eigenvalue weighted by atomic mass is 16.2. The van der Waals surface area contributed by atoms with Gasteiger partial charge in [-0.3, -0.25) is 10.6 Å². The second-order valence-electron chi connectivity index (χ2n) is 3.67. The Labute approximate surface area is 105 Å². The van der Waals surface area contributed by atoms with Crippen LogP contribution in [0.4, 0.5) is 5.69 Å². The molecule has 6 heteroatoms. The van der Waals surface area contributed by atoms with Crippen molar-refractivity contribution < 1.29 is 4.79 Å². The summed E-state index contributed by atoms with van der Waals surface area (Å²) in [4.78, 5) is 13.3. The van der Waals surface area contributed by atoms with Crippen LogP contribution in [0.15, 0.2) is 18.2 Å². The maximum atomic E-state index is 12.2. The van der Waals surface area contributed by atoms with Gasteiger partial charge in [0.2, 0.25) is 0 Å². The van der Waals surface area contributed by atoms with Crippen LogP contribution in [0.1, 0.15) is 15.9 Å². The summed E-state index contributed by atoms with van der Waals surface area (Å²) in [6, 6.07) is 8.87. The van der Waals surface area contributed by atoms with E-state index in [1.165, 1.54) is 0 Å². The number of nitrogens with zero attached hydrogens (tertiary/aromatic N) is 3. The van der Waals surface area contributed by atoms with E-state index in [9.17, 15) is 4.79 Å². The maximum absolute atomic E-state index is 12.2. The second-order valence-corrected chi connectivity index (χ2v) is 3.67. The average molecular weight is 243 g/mol. The van der Waals surface area contributed by atoms with Crippen molar-refractivity contribution in [3.63, 3.8) is 0 Å². The molecule has 0 spiro atoms. The van der Waals surface area contributed by atoms with Gasteiger partial charge in [0.15, 0.2) is 0 Å². The largest absolute Gasteiger partial charge is 0.323 e. The van der Waals surface area contributed by atoms with Crippen molar-refractivity contribution in [3.05, 3.63) is 29.3 Å². The summed E-state index contributed by atoms with van der Waals surface area (Å²) >= 11 is 0. The molecule has 1 amide bonds. The third kappa shape index (κ3) is 2.97. The van der Waals surface area contributed by atoms with Crippen molar-refractivity contribution in [2.45, 2.75) is 6.92 Å². The van der Waals surface area contributed by atoms with E-state index >= 15 is 0 Å². The molecule has 0 bridgehead atoms. The third-order valence-electron chi connectivity index (χ3n) is 2.37. The Bertz CT molecular complexity index is 510. The van der Waals surface area contributed by atoms with Crippen molar-refractivity contribution in [3.8, 4) is 12.1 Å². The molecule has 1 rings (SSSR count). The molecule has 0 aromatic heterocycles. The first-order valence-corrected chi connectivity index (χ1v) is 5.24. The van der Waals surface area contributed by atoms with Gasteiger partial charge in [-0.2, -0.15) is 10.5 Å². The fraction of sp³-hybridized carbons (Fsp3) is 0.250. The zero-order chi connectivity index (χ0) is 13.5. The van der Waals surface area contributed by atoms with Crippen molar-refractivity contribution in [2.75, 3.05) is 18.5 Å². The number of carbonyl (C=O) groups is 1. The monoisotopic (exact) mass is 243 g/mol. The van der Waals surface area contributed by atoms with Crippen molar-refractivity contribution >= 4 is 11.6 Å². The van der Waals surface area contributed by atoms with Crippen LogP contribution in [0.25, 0.3) is 0 Å². The fourth-order valence-corrected chi connectivity index (χ4v) is 1.50. The Kier molecular flexibility index (Phi) is 4.67. The summed E-state index contributed by atoms with van der Waals surface area (Å²) in [7, 11) is 0. The smallest absolute Gasteiger partial charge is 0.257 e. The van der Waals surface area contributed by atoms with Gasteiger partial charge >= 0.3 is 0 Å². The van der Waals surface area contributed by atoms with Gasteiger partial charge in [0.1, 0.15) is 13.1 Å². The van der Waals surface area contributed by atoms with Crippen LogP contribution >= 0.6 is 0 Å². The fourth-order valence-electron chi connectivity index (χ4n) is 1.50. The van der Waals surface area contributed by atoms with Gasteiger partial charge in [-0.05, 0) is 19.1 Å². The molecule has 0 aliphatic heterocycles. The van der Waals surface area contributed by atoms with Crippen molar-refractivity contribution in [1.82, 2.24) is 4.90 Å². The van der Waals surface area contributed by atoms with Gasteiger partial charge in [0.05, 0.1) is 23.4 Å². The van der Waals surface area contributed by atoms with Gasteiger partial charge in [0.25, 0.3) is 5.91 Å². The van der Waals surface area contributed by atoms with Crippen LogP contribution in [0.3, 0.4) is 0 Å². The highest BCUT2D eigenvalue weighted by Crippen LogP contribution is 2.18. The first-order chi connectivity index (χ1) is 8.63. The average Bonchev–Trinajstić information content (AvgIpc) is 2.37. The first-order valence-electron chi connectivity index (χ1n) is 5.24. The van der Waals surface area contributed by atoms with Crippen LogP contribution in [-0.2, 0) is 0 Å². The number of aryl methyl sites for hydroxylation is 1. The summed E-state index contributed by atoms with van der Waals surface area (Å²) in [5.74, 6) is 4.94. The normalized spacial score (nSPS) is 9.11. The summed E-state index contributed by atoms with van der Waals surface area (Å²) in [6.07, 6.45) is 0. The highest BCUT2D eigenvalue weighted by Gasteiger charge is 2.18. The van der Waals surface area contributed by atoms with E-state index in [0.717, 1.165) is 10.5 Å². The lowest BCUT2D eigenvalue weighted by atomic mass is 10.1. The molecular weight excluding hydrogens is 230 g/mol. The van der Waals surface area contributed by atoms with Gasteiger partial charge in [-0.1, -0.05) is 11.6 Å². The quantitative estimate of drug-likeness (QED) is 0.461. The lowest BCUT2D eigenvalue weighted by Gasteiger charge is -2.18. The SMILES string of the molecule is Cc1ccc(NN)c(C(=O)N(CC#N)CC#N)c1. The minimum absolute atomic E-state index is 0.135. The summed E-state index contributed by atoms with van der Waals surface area (Å²) < 4.78 is 0. The summed E-state index contributed by atoms with van der Waals surface area (Å²) in [5, 5.41) is 17.3. The molecule has 0 radical (unpaired) electrons. The number of nitrogens with one attached hydrogen (secondary N) is 1. The van der Waals surface area contributed by atoms with E-state index in [1.54, 1.807) is 12.1 Å². The van der Waals surface area contributed by atoms with E-state index in [1.807, 2.05) is 25.1 Å². The molecule has 92 valence electrons. The molecule has 0 fully saturated rings. The molecule has 0 atom stereocenters. The molecule has 0 saturated carbocycles. The van der Waals surface area contributed by atoms with Crippen LogP contribution in [0.2, 0.25) is 0 Å². The zero-order valence-corrected chi connectivity index (χ0v) is 9.97. The van der Waals surface area contributed by atoms with Gasteiger partial charge in [0, 0.05) is 0 Å². The van der Waals surface area contributed by atoms with E-state index in [2.05, 4.69) is 5.43 Å². The summed E-state index contributed by atoms with van der Waals surface area (Å²) in [6.45, 7) is 1.57. The Balaban J connectivity index is 3.12. The molecule has 3 N–H and O–H groups in total. The first kappa shape index (κ1) is 13.5. The number of amides is 1. The summed E-state index contributed by atoms with van der Waals surface area (Å²) in [5.41, 5.74) is 4.14. The Morgan fingerprint density at radius 1 is 1.39 bits per heavy atom. The van der Waals surface area contributed by atoms with E-state index in [-0.39, 0.29) is 13.1 Å². The minimum Gasteiger partial charge on any atom is -0.323 e. The number of hydrazine groups is 1. The number of nitrogen functional groups attached to an aromatic ring is 1. The Morgan fingerprint density at radius 3 is 2.50 bits per heavy atom.